The zero-order chi connectivity index (χ0) is 47.0. The van der Waals surface area contributed by atoms with Crippen LogP contribution in [0.25, 0.3) is 0 Å². The maximum absolute atomic E-state index is 12.8. The standard InChI is InChI=1S/C52H91O11P/c1-4-7-10-13-16-19-21-22-23-24-25-26-28-31-34-37-40-43-52(56)63-49(45-59-50(54)41-38-35-32-30-27-20-17-14-11-8-5-2)47-61-64(57,58)60-46-48(44-53)62-51(55)42-39-36-33-29-18-15-12-9-6-3/h7,10,16,19,22-23,25-26,31,34,48-49,53H,4-6,8-9,11-15,17-18,20-21,24,27-30,32-33,35-47H2,1-3H3,(H,57,58)/b10-7-,19-16-,23-22-,26-25-,34-31-. The SMILES string of the molecule is CC/C=C\C/C=C\C/C=C\C/C=C\C/C=C\CCCC(=O)OC(COC(=O)CCCCCCCCCCCCC)COP(=O)(O)OCC(CO)OC(=O)CCCCCCCCCCC. The monoisotopic (exact) mass is 923 g/mol. The third-order valence-electron chi connectivity index (χ3n) is 10.5. The van der Waals surface area contributed by atoms with E-state index in [0.717, 1.165) is 70.6 Å². The molecule has 11 nitrogen and oxygen atoms in total. The van der Waals surface area contributed by atoms with Crippen molar-refractivity contribution in [3.05, 3.63) is 60.8 Å². The summed E-state index contributed by atoms with van der Waals surface area (Å²) in [7, 11) is -4.75. The van der Waals surface area contributed by atoms with E-state index in [-0.39, 0.29) is 25.9 Å². The molecule has 0 aliphatic heterocycles. The molecule has 12 heteroatoms. The van der Waals surface area contributed by atoms with Crippen LogP contribution in [0.4, 0.5) is 0 Å². The second-order valence-electron chi connectivity index (χ2n) is 16.6. The molecule has 0 radical (unpaired) electrons. The second-order valence-corrected chi connectivity index (χ2v) is 18.1. The molecule has 0 spiro atoms. The maximum Gasteiger partial charge on any atom is 0.472 e. The molecule has 3 unspecified atom stereocenters. The van der Waals surface area contributed by atoms with Crippen LogP contribution in [0.3, 0.4) is 0 Å². The lowest BCUT2D eigenvalue weighted by atomic mass is 10.1. The maximum atomic E-state index is 12.8. The van der Waals surface area contributed by atoms with Gasteiger partial charge < -0.3 is 24.2 Å². The molecule has 3 atom stereocenters. The van der Waals surface area contributed by atoms with Crippen molar-refractivity contribution in [3.8, 4) is 0 Å². The van der Waals surface area contributed by atoms with Crippen molar-refractivity contribution in [3.63, 3.8) is 0 Å². The van der Waals surface area contributed by atoms with Crippen LogP contribution in [0.5, 0.6) is 0 Å². The lowest BCUT2D eigenvalue weighted by molar-refractivity contribution is -0.161. The van der Waals surface area contributed by atoms with Crippen molar-refractivity contribution in [1.82, 2.24) is 0 Å². The van der Waals surface area contributed by atoms with Crippen molar-refractivity contribution in [2.24, 2.45) is 0 Å². The first kappa shape index (κ1) is 61.2. The Labute approximate surface area is 389 Å². The summed E-state index contributed by atoms with van der Waals surface area (Å²) < 4.78 is 39.2. The Bertz CT molecular complexity index is 1310. The first-order chi connectivity index (χ1) is 31.2. The third-order valence-corrected chi connectivity index (χ3v) is 11.4. The molecule has 0 saturated carbocycles. The minimum atomic E-state index is -4.75. The van der Waals surface area contributed by atoms with Gasteiger partial charge in [-0.15, -0.1) is 0 Å². The van der Waals surface area contributed by atoms with Crippen molar-refractivity contribution in [2.45, 2.75) is 226 Å². The number of phosphoric ester groups is 1. The van der Waals surface area contributed by atoms with Gasteiger partial charge in [0.05, 0.1) is 19.8 Å². The Kier molecular flexibility index (Phi) is 44.6. The molecule has 0 aromatic heterocycles. The third kappa shape index (κ3) is 44.4. The van der Waals surface area contributed by atoms with Gasteiger partial charge in [-0.2, -0.15) is 0 Å². The number of carbonyl (C=O) groups is 3. The van der Waals surface area contributed by atoms with E-state index < -0.39 is 57.8 Å². The summed E-state index contributed by atoms with van der Waals surface area (Å²) in [6.07, 6.45) is 47.8. The van der Waals surface area contributed by atoms with Crippen LogP contribution in [0.1, 0.15) is 213 Å². The average molecular weight is 923 g/mol. The molecular formula is C52H91O11P. The number of aliphatic hydroxyl groups excluding tert-OH is 1. The number of rotatable bonds is 46. The molecule has 0 saturated heterocycles. The van der Waals surface area contributed by atoms with E-state index in [2.05, 4.69) is 69.4 Å². The van der Waals surface area contributed by atoms with E-state index in [1.807, 2.05) is 12.2 Å². The molecule has 0 fully saturated rings. The van der Waals surface area contributed by atoms with Crippen LogP contribution in [-0.4, -0.2) is 66.5 Å². The number of unbranched alkanes of at least 4 members (excludes halogenated alkanes) is 19. The van der Waals surface area contributed by atoms with Crippen molar-refractivity contribution < 1.29 is 52.2 Å². The first-order valence-electron chi connectivity index (χ1n) is 25.2. The van der Waals surface area contributed by atoms with E-state index >= 15 is 0 Å². The van der Waals surface area contributed by atoms with E-state index in [4.69, 9.17) is 23.3 Å². The topological polar surface area (TPSA) is 155 Å². The smallest absolute Gasteiger partial charge is 0.462 e. The molecule has 0 amide bonds. The number of esters is 3. The molecule has 0 rings (SSSR count). The van der Waals surface area contributed by atoms with Gasteiger partial charge in [0.2, 0.25) is 0 Å². The van der Waals surface area contributed by atoms with Crippen LogP contribution in [0.15, 0.2) is 60.8 Å². The number of allylic oxidation sites excluding steroid dienone is 10. The second kappa shape index (κ2) is 46.7. The van der Waals surface area contributed by atoms with Crippen LogP contribution < -0.4 is 0 Å². The minimum Gasteiger partial charge on any atom is -0.462 e. The van der Waals surface area contributed by atoms with Gasteiger partial charge in [0.1, 0.15) is 12.7 Å². The van der Waals surface area contributed by atoms with E-state index in [0.29, 0.717) is 25.7 Å². The Morgan fingerprint density at radius 1 is 0.453 bits per heavy atom. The normalized spacial score (nSPS) is 14.0. The predicted molar refractivity (Wildman–Crippen MR) is 261 cm³/mol. The molecule has 0 aromatic carbocycles. The largest absolute Gasteiger partial charge is 0.472 e. The number of carbonyl (C=O) groups excluding carboxylic acids is 3. The summed E-state index contributed by atoms with van der Waals surface area (Å²) in [6.45, 7) is 4.42. The van der Waals surface area contributed by atoms with E-state index in [1.54, 1.807) is 0 Å². The van der Waals surface area contributed by atoms with Crippen molar-refractivity contribution >= 4 is 25.7 Å². The fourth-order valence-corrected chi connectivity index (χ4v) is 7.41. The predicted octanol–water partition coefficient (Wildman–Crippen LogP) is 14.0. The Morgan fingerprint density at radius 2 is 0.812 bits per heavy atom. The quantitative estimate of drug-likeness (QED) is 0.0197. The number of phosphoric acid groups is 1. The molecule has 0 aliphatic carbocycles. The fourth-order valence-electron chi connectivity index (χ4n) is 6.63. The number of ether oxygens (including phenoxy) is 3. The lowest BCUT2D eigenvalue weighted by Gasteiger charge is -2.21. The highest BCUT2D eigenvalue weighted by atomic mass is 31.2. The van der Waals surface area contributed by atoms with Crippen LogP contribution in [-0.2, 0) is 42.2 Å². The molecule has 0 bridgehead atoms. The number of hydrogen-bond acceptors (Lipinski definition) is 10. The summed E-state index contributed by atoms with van der Waals surface area (Å²) in [4.78, 5) is 48.1. The van der Waals surface area contributed by atoms with Gasteiger partial charge in [-0.25, -0.2) is 4.57 Å². The van der Waals surface area contributed by atoms with Crippen LogP contribution >= 0.6 is 7.82 Å². The summed E-state index contributed by atoms with van der Waals surface area (Å²) in [5.74, 6) is -1.54. The van der Waals surface area contributed by atoms with E-state index in [1.165, 1.54) is 77.0 Å². The van der Waals surface area contributed by atoms with Gasteiger partial charge in [-0.1, -0.05) is 197 Å². The average Bonchev–Trinajstić information content (AvgIpc) is 3.28. The summed E-state index contributed by atoms with van der Waals surface area (Å²) in [5.41, 5.74) is 0. The summed E-state index contributed by atoms with van der Waals surface area (Å²) in [5, 5.41) is 9.73. The fraction of sp³-hybridized carbons (Fsp3) is 0.750. The first-order valence-corrected chi connectivity index (χ1v) is 26.7. The van der Waals surface area contributed by atoms with Gasteiger partial charge in [-0.3, -0.25) is 23.4 Å². The van der Waals surface area contributed by atoms with Gasteiger partial charge in [-0.05, 0) is 57.8 Å². The van der Waals surface area contributed by atoms with Gasteiger partial charge in [0.15, 0.2) is 6.10 Å². The molecule has 2 N–H and O–H groups in total. The molecule has 0 aliphatic rings. The minimum absolute atomic E-state index is 0.0907. The Balaban J connectivity index is 4.84. The number of hydrogen-bond donors (Lipinski definition) is 2. The van der Waals surface area contributed by atoms with Gasteiger partial charge in [0, 0.05) is 19.3 Å². The highest BCUT2D eigenvalue weighted by Crippen LogP contribution is 2.43. The molecule has 370 valence electrons. The Morgan fingerprint density at radius 3 is 1.25 bits per heavy atom. The van der Waals surface area contributed by atoms with E-state index in [9.17, 15) is 28.9 Å². The molecular weight excluding hydrogens is 832 g/mol. The lowest BCUT2D eigenvalue weighted by Crippen LogP contribution is -2.30. The summed E-state index contributed by atoms with van der Waals surface area (Å²) >= 11 is 0. The highest BCUT2D eigenvalue weighted by molar-refractivity contribution is 7.47. The molecule has 64 heavy (non-hydrogen) atoms. The Hall–Kier alpha value is -2.82. The number of aliphatic hydroxyl groups is 1. The highest BCUT2D eigenvalue weighted by Gasteiger charge is 2.28. The van der Waals surface area contributed by atoms with Gasteiger partial charge in [0.25, 0.3) is 0 Å². The van der Waals surface area contributed by atoms with Gasteiger partial charge >= 0.3 is 25.7 Å². The van der Waals surface area contributed by atoms with Crippen LogP contribution in [0, 0.1) is 0 Å². The molecule has 0 aromatic rings. The van der Waals surface area contributed by atoms with Crippen molar-refractivity contribution in [1.29, 1.82) is 0 Å². The zero-order valence-electron chi connectivity index (χ0n) is 40.5. The van der Waals surface area contributed by atoms with Crippen molar-refractivity contribution in [2.75, 3.05) is 26.4 Å². The zero-order valence-corrected chi connectivity index (χ0v) is 41.4. The summed E-state index contributed by atoms with van der Waals surface area (Å²) in [6, 6.07) is 0. The van der Waals surface area contributed by atoms with Crippen LogP contribution in [0.2, 0.25) is 0 Å². The molecule has 0 heterocycles.